The number of benzene rings is 4. The van der Waals surface area contributed by atoms with E-state index in [1.165, 1.54) is 0 Å². The smallest absolute Gasteiger partial charge is 0.123 e. The van der Waals surface area contributed by atoms with Crippen LogP contribution in [-0.4, -0.2) is 40.2 Å². The molecule has 4 N–H and O–H groups in total. The fourth-order valence-electron chi connectivity index (χ4n) is 8.94. The van der Waals surface area contributed by atoms with Crippen molar-refractivity contribution in [2.75, 3.05) is 0 Å². The number of aromatic hydroxyl groups is 4. The summed E-state index contributed by atoms with van der Waals surface area (Å²) in [5.41, 5.74) is 11.1. The van der Waals surface area contributed by atoms with Gasteiger partial charge in [-0.15, -0.1) is 0 Å². The normalized spacial score (nSPS) is 14.8. The molecule has 8 bridgehead atoms. The highest BCUT2D eigenvalue weighted by atomic mass is 16.3. The van der Waals surface area contributed by atoms with Gasteiger partial charge in [0.05, 0.1) is 11.4 Å². The number of rotatable bonds is 4. The Kier molecular flexibility index (Phi) is 13.5. The lowest BCUT2D eigenvalue weighted by atomic mass is 9.81. The first-order valence-corrected chi connectivity index (χ1v) is 23.5. The molecule has 1 aliphatic rings. The van der Waals surface area contributed by atoms with Crippen LogP contribution in [0.5, 0.6) is 23.0 Å². The summed E-state index contributed by atoms with van der Waals surface area (Å²) in [5.74, 6) is 0.775. The van der Waals surface area contributed by atoms with Gasteiger partial charge in [0.25, 0.3) is 0 Å². The van der Waals surface area contributed by atoms with Crippen molar-refractivity contribution in [3.05, 3.63) is 175 Å². The highest BCUT2D eigenvalue weighted by Gasteiger charge is 2.28. The molecule has 6 aromatic rings. The van der Waals surface area contributed by atoms with E-state index in [9.17, 15) is 20.4 Å². The molecule has 1 aliphatic heterocycles. The Balaban J connectivity index is 1.51. The standard InChI is InChI=1S/C58H72N4O4/c1-55(2,3)45-23-37-21-38-24-46(56(4,5)6)29-43(52(38)64)33-62(36-50-18-14-16-20-60-50)34-44-30-48(58(10,11)12)26-40(54(44)66)22-39-25-47(57(7,8)9)28-42(53(39)65)32-61(31-41(27-45)51(37)63)35-49-17-13-15-19-59-49/h13-20,23-30,63-66H,21-22,31-36H2,1-12H3. The van der Waals surface area contributed by atoms with E-state index in [-0.39, 0.29) is 44.7 Å². The zero-order valence-corrected chi connectivity index (χ0v) is 41.5. The van der Waals surface area contributed by atoms with Gasteiger partial charge in [0.15, 0.2) is 0 Å². The molecule has 348 valence electrons. The lowest BCUT2D eigenvalue weighted by molar-refractivity contribution is 0.237. The number of aromatic nitrogens is 2. The first kappa shape index (κ1) is 48.2. The maximum absolute atomic E-state index is 12.5. The van der Waals surface area contributed by atoms with Crippen molar-refractivity contribution in [3.63, 3.8) is 0 Å². The van der Waals surface area contributed by atoms with Crippen molar-refractivity contribution in [2.45, 2.75) is 157 Å². The molecule has 0 atom stereocenters. The van der Waals surface area contributed by atoms with E-state index in [1.54, 1.807) is 12.4 Å². The minimum atomic E-state index is -0.244. The molecule has 0 spiro atoms. The lowest BCUT2D eigenvalue weighted by Gasteiger charge is -2.29. The summed E-state index contributed by atoms with van der Waals surface area (Å²) < 4.78 is 0. The number of phenolic OH excluding ortho intramolecular Hbond substituents is 4. The van der Waals surface area contributed by atoms with E-state index >= 15 is 0 Å². The third-order valence-corrected chi connectivity index (χ3v) is 13.1. The van der Waals surface area contributed by atoms with Crippen molar-refractivity contribution in [1.29, 1.82) is 0 Å². The van der Waals surface area contributed by atoms with E-state index in [1.807, 2.05) is 36.4 Å². The third-order valence-electron chi connectivity index (χ3n) is 13.1. The van der Waals surface area contributed by atoms with Crippen LogP contribution in [-0.2, 0) is 73.8 Å². The molecule has 0 fully saturated rings. The second kappa shape index (κ2) is 18.5. The molecule has 4 aromatic carbocycles. The Bertz CT molecular complexity index is 2350. The maximum atomic E-state index is 12.5. The van der Waals surface area contributed by atoms with Crippen LogP contribution >= 0.6 is 0 Å². The van der Waals surface area contributed by atoms with E-state index in [0.717, 1.165) is 78.1 Å². The van der Waals surface area contributed by atoms with Gasteiger partial charge in [-0.1, -0.05) is 144 Å². The second-order valence-corrected chi connectivity index (χ2v) is 22.9. The minimum absolute atomic E-state index is 0.194. The Morgan fingerprint density at radius 1 is 0.379 bits per heavy atom. The predicted molar refractivity (Wildman–Crippen MR) is 267 cm³/mol. The molecule has 3 heterocycles. The topological polar surface area (TPSA) is 113 Å². The van der Waals surface area contributed by atoms with Gasteiger partial charge in [-0.2, -0.15) is 0 Å². The van der Waals surface area contributed by atoms with E-state index < -0.39 is 0 Å². The molecule has 2 aromatic heterocycles. The highest BCUT2D eigenvalue weighted by molar-refractivity contribution is 5.55. The van der Waals surface area contributed by atoms with Gasteiger partial charge in [0.1, 0.15) is 23.0 Å². The van der Waals surface area contributed by atoms with Crippen LogP contribution in [0.4, 0.5) is 0 Å². The van der Waals surface area contributed by atoms with Crippen LogP contribution in [0.25, 0.3) is 0 Å². The van der Waals surface area contributed by atoms with Crippen molar-refractivity contribution in [1.82, 2.24) is 19.8 Å². The molecule has 66 heavy (non-hydrogen) atoms. The summed E-state index contributed by atoms with van der Waals surface area (Å²) in [5, 5.41) is 49.8. The minimum Gasteiger partial charge on any atom is -0.507 e. The van der Waals surface area contributed by atoms with E-state index in [0.29, 0.717) is 52.1 Å². The third kappa shape index (κ3) is 11.3. The van der Waals surface area contributed by atoms with Gasteiger partial charge in [-0.05, 0) is 90.4 Å². The van der Waals surface area contributed by atoms with Crippen LogP contribution in [0.1, 0.15) is 161 Å². The molecule has 0 unspecified atom stereocenters. The van der Waals surface area contributed by atoms with Gasteiger partial charge in [-0.3, -0.25) is 19.8 Å². The molecule has 7 rings (SSSR count). The van der Waals surface area contributed by atoms with Gasteiger partial charge >= 0.3 is 0 Å². The highest BCUT2D eigenvalue weighted by Crippen LogP contribution is 2.41. The zero-order valence-electron chi connectivity index (χ0n) is 41.5. The second-order valence-electron chi connectivity index (χ2n) is 22.9. The molecule has 0 saturated heterocycles. The summed E-state index contributed by atoms with van der Waals surface area (Å²) in [6.45, 7) is 28.6. The summed E-state index contributed by atoms with van der Waals surface area (Å²) in [6.07, 6.45) is 4.21. The lowest BCUT2D eigenvalue weighted by Crippen LogP contribution is -2.25. The van der Waals surface area contributed by atoms with Gasteiger partial charge in [0, 0.05) is 86.8 Å². The number of hydrogen-bond donors (Lipinski definition) is 4. The Morgan fingerprint density at radius 2 is 0.621 bits per heavy atom. The summed E-state index contributed by atoms with van der Waals surface area (Å²) in [4.78, 5) is 13.9. The first-order chi connectivity index (χ1) is 30.8. The van der Waals surface area contributed by atoms with Crippen molar-refractivity contribution < 1.29 is 20.4 Å². The van der Waals surface area contributed by atoms with Crippen LogP contribution in [0.15, 0.2) is 97.3 Å². The summed E-state index contributed by atoms with van der Waals surface area (Å²) >= 11 is 0. The number of pyridine rings is 2. The quantitative estimate of drug-likeness (QED) is 0.138. The predicted octanol–water partition coefficient (Wildman–Crippen LogP) is 12.4. The van der Waals surface area contributed by atoms with Gasteiger partial charge < -0.3 is 20.4 Å². The van der Waals surface area contributed by atoms with Gasteiger partial charge in [0.2, 0.25) is 0 Å². The number of phenols is 4. The Hall–Kier alpha value is -5.70. The number of fused-ring (bicyclic) bond motifs is 8. The largest absolute Gasteiger partial charge is 0.507 e. The van der Waals surface area contributed by atoms with Crippen LogP contribution < -0.4 is 0 Å². The number of nitrogens with zero attached hydrogens (tertiary/aromatic N) is 4. The van der Waals surface area contributed by atoms with E-state index in [4.69, 9.17) is 9.97 Å². The number of hydrogen-bond acceptors (Lipinski definition) is 8. The average Bonchev–Trinajstić information content (AvgIpc) is 3.22. The molecule has 0 amide bonds. The average molecular weight is 889 g/mol. The SMILES string of the molecule is CC(C)(C)c1cc2c(O)c(c1)CN(Cc1ccccn1)Cc1cc(C(C)(C)C)cc(c1O)Cc1cc(C(C)(C)C)cc(c1O)CN(Cc1ccccn1)Cc1cc(C(C)(C)C)cc(c1O)C2. The molecular formula is C58H72N4O4. The fourth-order valence-corrected chi connectivity index (χ4v) is 8.94. The van der Waals surface area contributed by atoms with Crippen molar-refractivity contribution in [3.8, 4) is 23.0 Å². The molecular weight excluding hydrogens is 817 g/mol. The summed E-state index contributed by atoms with van der Waals surface area (Å²) in [7, 11) is 0. The van der Waals surface area contributed by atoms with Gasteiger partial charge in [-0.25, -0.2) is 0 Å². The summed E-state index contributed by atoms with van der Waals surface area (Å²) in [6, 6.07) is 28.6. The Morgan fingerprint density at radius 3 is 0.833 bits per heavy atom. The first-order valence-electron chi connectivity index (χ1n) is 23.5. The molecule has 0 radical (unpaired) electrons. The maximum Gasteiger partial charge on any atom is 0.123 e. The van der Waals surface area contributed by atoms with Crippen LogP contribution in [0, 0.1) is 0 Å². The molecule has 8 heteroatoms. The molecule has 0 saturated carbocycles. The monoisotopic (exact) mass is 889 g/mol. The van der Waals surface area contributed by atoms with Crippen molar-refractivity contribution >= 4 is 0 Å². The fraction of sp³-hybridized carbons (Fsp3) is 0.414. The van der Waals surface area contributed by atoms with Crippen LogP contribution in [0.3, 0.4) is 0 Å². The van der Waals surface area contributed by atoms with Crippen LogP contribution in [0.2, 0.25) is 0 Å². The van der Waals surface area contributed by atoms with Crippen molar-refractivity contribution in [2.24, 2.45) is 0 Å². The molecule has 0 aliphatic carbocycles. The molecule has 8 nitrogen and oxygen atoms in total. The Labute approximate surface area is 394 Å². The van der Waals surface area contributed by atoms with E-state index in [2.05, 4.69) is 141 Å². The zero-order chi connectivity index (χ0) is 47.9.